The first-order valence-corrected chi connectivity index (χ1v) is 3.51. The highest BCUT2D eigenvalue weighted by Gasteiger charge is 2.11. The van der Waals surface area contributed by atoms with Gasteiger partial charge in [-0.05, 0) is 26.0 Å². The molecule has 0 saturated heterocycles. The minimum absolute atomic E-state index is 0.306. The molecule has 0 atom stereocenters. The van der Waals surface area contributed by atoms with Crippen LogP contribution >= 0.6 is 0 Å². The van der Waals surface area contributed by atoms with Crippen LogP contribution in [0.1, 0.15) is 13.8 Å². The molecule has 0 aliphatic carbocycles. The maximum atomic E-state index is 5.18. The van der Waals surface area contributed by atoms with Gasteiger partial charge in [-0.15, -0.1) is 0 Å². The third-order valence-corrected chi connectivity index (χ3v) is 1.28. The third-order valence-electron chi connectivity index (χ3n) is 1.28. The number of hydrogen-bond donors (Lipinski definition) is 0. The Kier molecular flexibility index (Phi) is 2.36. The molecule has 2 heteroatoms. The van der Waals surface area contributed by atoms with E-state index in [1.54, 1.807) is 6.08 Å². The summed E-state index contributed by atoms with van der Waals surface area (Å²) < 4.78 is 10.3. The molecule has 1 rings (SSSR count). The van der Waals surface area contributed by atoms with Gasteiger partial charge in [0.2, 0.25) is 6.79 Å². The van der Waals surface area contributed by atoms with Gasteiger partial charge < -0.3 is 9.47 Å². The van der Waals surface area contributed by atoms with Crippen LogP contribution in [0, 0.1) is 0 Å². The molecule has 0 saturated carbocycles. The smallest absolute Gasteiger partial charge is 0.231 e. The van der Waals surface area contributed by atoms with Crippen LogP contribution in [0.4, 0.5) is 0 Å². The van der Waals surface area contributed by atoms with Crippen molar-refractivity contribution in [2.75, 3.05) is 6.79 Å². The van der Waals surface area contributed by atoms with Crippen LogP contribution in [0.15, 0.2) is 35.8 Å². The summed E-state index contributed by atoms with van der Waals surface area (Å²) in [6.07, 6.45) is 3.59. The van der Waals surface area contributed by atoms with Gasteiger partial charge in [0.25, 0.3) is 0 Å². The zero-order valence-electron chi connectivity index (χ0n) is 6.89. The maximum Gasteiger partial charge on any atom is 0.231 e. The van der Waals surface area contributed by atoms with Crippen LogP contribution in [0.2, 0.25) is 0 Å². The van der Waals surface area contributed by atoms with Crippen molar-refractivity contribution in [3.05, 3.63) is 35.8 Å². The highest BCUT2D eigenvalue weighted by molar-refractivity contribution is 5.26. The minimum atomic E-state index is 0.306. The van der Waals surface area contributed by atoms with E-state index < -0.39 is 0 Å². The first kappa shape index (κ1) is 7.92. The summed E-state index contributed by atoms with van der Waals surface area (Å²) in [4.78, 5) is 0. The van der Waals surface area contributed by atoms with Gasteiger partial charge in [0.15, 0.2) is 11.5 Å². The molecule has 1 aliphatic heterocycles. The Balaban J connectivity index is 2.83. The van der Waals surface area contributed by atoms with Gasteiger partial charge in [-0.3, -0.25) is 0 Å². The van der Waals surface area contributed by atoms with Crippen LogP contribution in [0.5, 0.6) is 0 Å². The molecule has 0 amide bonds. The molecule has 0 fully saturated rings. The Bertz CT molecular complexity index is 220. The van der Waals surface area contributed by atoms with Gasteiger partial charge in [0.05, 0.1) is 0 Å². The fourth-order valence-electron chi connectivity index (χ4n) is 0.833. The zero-order chi connectivity index (χ0) is 8.27. The highest BCUT2D eigenvalue weighted by Crippen LogP contribution is 2.18. The van der Waals surface area contributed by atoms with Crippen molar-refractivity contribution in [3.63, 3.8) is 0 Å². The molecule has 1 heterocycles. The molecule has 0 N–H and O–H groups in total. The van der Waals surface area contributed by atoms with E-state index in [9.17, 15) is 0 Å². The minimum Gasteiger partial charge on any atom is -0.454 e. The van der Waals surface area contributed by atoms with Crippen molar-refractivity contribution in [3.8, 4) is 0 Å². The molecule has 0 aromatic carbocycles. The van der Waals surface area contributed by atoms with Gasteiger partial charge in [-0.25, -0.2) is 0 Å². The molecule has 11 heavy (non-hydrogen) atoms. The molecule has 0 unspecified atom stereocenters. The van der Waals surface area contributed by atoms with Gasteiger partial charge in [0.1, 0.15) is 0 Å². The van der Waals surface area contributed by atoms with E-state index in [0.29, 0.717) is 6.79 Å². The van der Waals surface area contributed by atoms with Crippen molar-refractivity contribution < 1.29 is 9.47 Å². The summed E-state index contributed by atoms with van der Waals surface area (Å²) in [5.41, 5.74) is 1.19. The first-order valence-electron chi connectivity index (χ1n) is 3.51. The van der Waals surface area contributed by atoms with Gasteiger partial charge in [-0.1, -0.05) is 12.2 Å². The van der Waals surface area contributed by atoms with Crippen LogP contribution in [0.3, 0.4) is 0 Å². The predicted octanol–water partition coefficient (Wildman–Crippen LogP) is 2.35. The molecule has 0 aromatic heterocycles. The Morgan fingerprint density at radius 3 is 2.55 bits per heavy atom. The van der Waals surface area contributed by atoms with Crippen LogP contribution < -0.4 is 0 Å². The Hall–Kier alpha value is -1.18. The van der Waals surface area contributed by atoms with Gasteiger partial charge in [0, 0.05) is 0 Å². The fourth-order valence-corrected chi connectivity index (χ4v) is 0.833. The average Bonchev–Trinajstić information content (AvgIpc) is 2.34. The molecule has 0 bridgehead atoms. The fraction of sp³-hybridized carbons (Fsp3) is 0.333. The lowest BCUT2D eigenvalue weighted by Gasteiger charge is -1.93. The van der Waals surface area contributed by atoms with Crippen molar-refractivity contribution in [2.24, 2.45) is 0 Å². The second-order valence-electron chi connectivity index (χ2n) is 2.56. The summed E-state index contributed by atoms with van der Waals surface area (Å²) in [5.74, 6) is 1.51. The van der Waals surface area contributed by atoms with E-state index in [2.05, 4.69) is 6.58 Å². The Morgan fingerprint density at radius 1 is 1.36 bits per heavy atom. The molecule has 0 radical (unpaired) electrons. The van der Waals surface area contributed by atoms with Gasteiger partial charge >= 0.3 is 0 Å². The van der Waals surface area contributed by atoms with Crippen molar-refractivity contribution in [2.45, 2.75) is 13.8 Å². The number of ether oxygens (including phenoxy) is 2. The molecule has 0 aromatic rings. The summed E-state index contributed by atoms with van der Waals surface area (Å²) in [7, 11) is 0. The predicted molar refractivity (Wildman–Crippen MR) is 43.7 cm³/mol. The van der Waals surface area contributed by atoms with E-state index in [0.717, 1.165) is 11.5 Å². The molecule has 0 spiro atoms. The molecule has 60 valence electrons. The topological polar surface area (TPSA) is 18.5 Å². The van der Waals surface area contributed by atoms with Crippen molar-refractivity contribution in [1.29, 1.82) is 0 Å². The van der Waals surface area contributed by atoms with Crippen molar-refractivity contribution >= 4 is 0 Å². The molecule has 1 aliphatic rings. The average molecular weight is 152 g/mol. The SMILES string of the molecule is C=CC1=C(C=C(C)C)OCO1. The number of allylic oxidation sites excluding steroid dienone is 3. The van der Waals surface area contributed by atoms with Crippen molar-refractivity contribution in [1.82, 2.24) is 0 Å². The van der Waals surface area contributed by atoms with Gasteiger partial charge in [-0.2, -0.15) is 0 Å². The molecule has 2 nitrogen and oxygen atoms in total. The Morgan fingerprint density at radius 2 is 2.00 bits per heavy atom. The van der Waals surface area contributed by atoms with E-state index in [4.69, 9.17) is 9.47 Å². The second kappa shape index (κ2) is 3.28. The lowest BCUT2D eigenvalue weighted by atomic mass is 10.3. The monoisotopic (exact) mass is 152 g/mol. The third kappa shape index (κ3) is 1.87. The highest BCUT2D eigenvalue weighted by atomic mass is 16.7. The number of rotatable bonds is 2. The zero-order valence-corrected chi connectivity index (χ0v) is 6.89. The molecular formula is C9H12O2. The summed E-state index contributed by atoms with van der Waals surface area (Å²) in [5, 5.41) is 0. The van der Waals surface area contributed by atoms with Crippen LogP contribution in [-0.4, -0.2) is 6.79 Å². The van der Waals surface area contributed by atoms with E-state index >= 15 is 0 Å². The van der Waals surface area contributed by atoms with Crippen LogP contribution in [-0.2, 0) is 9.47 Å². The molecular weight excluding hydrogens is 140 g/mol. The second-order valence-corrected chi connectivity index (χ2v) is 2.56. The van der Waals surface area contributed by atoms with E-state index in [-0.39, 0.29) is 0 Å². The largest absolute Gasteiger partial charge is 0.454 e. The van der Waals surface area contributed by atoms with E-state index in [1.165, 1.54) is 5.57 Å². The maximum absolute atomic E-state index is 5.18. The lowest BCUT2D eigenvalue weighted by Crippen LogP contribution is -1.81. The quantitative estimate of drug-likeness (QED) is 0.604. The first-order chi connectivity index (χ1) is 5.24. The lowest BCUT2D eigenvalue weighted by molar-refractivity contribution is 0.0778. The summed E-state index contributed by atoms with van der Waals surface area (Å²) >= 11 is 0. The van der Waals surface area contributed by atoms with Crippen LogP contribution in [0.25, 0.3) is 0 Å². The summed E-state index contributed by atoms with van der Waals surface area (Å²) in [6, 6.07) is 0. The summed E-state index contributed by atoms with van der Waals surface area (Å²) in [6.45, 7) is 7.93. The normalized spacial score (nSPS) is 15.5. The number of hydrogen-bond acceptors (Lipinski definition) is 2. The van der Waals surface area contributed by atoms with E-state index in [1.807, 2.05) is 19.9 Å². The Labute approximate surface area is 66.8 Å². The standard InChI is InChI=1S/C9H12O2/c1-4-8-9(5-7(2)3)11-6-10-8/h4-5H,1,6H2,2-3H3.